The normalized spacial score (nSPS) is 21.2. The van der Waals surface area contributed by atoms with Gasteiger partial charge in [0, 0.05) is 24.3 Å². The summed E-state index contributed by atoms with van der Waals surface area (Å²) in [4.78, 5) is 12.0. The van der Waals surface area contributed by atoms with Crippen LogP contribution in [0.5, 0.6) is 0 Å². The second-order valence-electron chi connectivity index (χ2n) is 4.73. The first-order valence-electron chi connectivity index (χ1n) is 5.99. The van der Waals surface area contributed by atoms with E-state index in [1.807, 2.05) is 4.90 Å². The van der Waals surface area contributed by atoms with Crippen molar-refractivity contribution >= 4 is 21.2 Å². The zero-order valence-electron chi connectivity index (χ0n) is 10.8. The average Bonchev–Trinajstić information content (AvgIpc) is 2.36. The molecule has 7 nitrogen and oxygen atoms in total. The number of nitrogens with zero attached hydrogens (tertiary/aromatic N) is 3. The van der Waals surface area contributed by atoms with Crippen molar-refractivity contribution in [2.24, 2.45) is 0 Å². The Morgan fingerprint density at radius 3 is 2.75 bits per heavy atom. The third kappa shape index (κ3) is 2.72. The molecule has 1 unspecified atom stereocenters. The largest absolute Gasteiger partial charge is 0.367 e. The Labute approximate surface area is 116 Å². The fraction of sp³-hybridized carbons (Fsp3) is 0.417. The molecule has 0 saturated carbocycles. The van der Waals surface area contributed by atoms with Crippen LogP contribution >= 0.6 is 0 Å². The lowest BCUT2D eigenvalue weighted by Crippen LogP contribution is -2.47. The number of anilines is 1. The molecule has 0 bridgehead atoms. The maximum atomic E-state index is 11.5. The first-order valence-corrected chi connectivity index (χ1v) is 7.82. The highest BCUT2D eigenvalue weighted by atomic mass is 32.2. The molecule has 0 amide bonds. The van der Waals surface area contributed by atoms with Crippen LogP contribution in [0.2, 0.25) is 0 Å². The van der Waals surface area contributed by atoms with Crippen LogP contribution in [0, 0.1) is 21.4 Å². The van der Waals surface area contributed by atoms with Crippen molar-refractivity contribution in [3.05, 3.63) is 33.9 Å². The summed E-state index contributed by atoms with van der Waals surface area (Å²) in [6.07, 6.45) is 0. The lowest BCUT2D eigenvalue weighted by molar-refractivity contribution is -0.385. The molecule has 1 atom stereocenters. The van der Waals surface area contributed by atoms with Crippen molar-refractivity contribution in [3.63, 3.8) is 0 Å². The summed E-state index contributed by atoms with van der Waals surface area (Å²) in [6, 6.07) is 5.85. The molecule has 20 heavy (non-hydrogen) atoms. The molecule has 0 aromatic heterocycles. The van der Waals surface area contributed by atoms with Crippen LogP contribution in [0.1, 0.15) is 12.5 Å². The molecular formula is C12H13N3O4S. The van der Waals surface area contributed by atoms with Gasteiger partial charge in [-0.2, -0.15) is 5.26 Å². The topological polar surface area (TPSA) is 104 Å². The number of benzene rings is 1. The molecule has 1 aromatic rings. The van der Waals surface area contributed by atoms with Crippen molar-refractivity contribution < 1.29 is 13.3 Å². The van der Waals surface area contributed by atoms with Crippen LogP contribution in [-0.2, 0) is 9.84 Å². The van der Waals surface area contributed by atoms with Gasteiger partial charge in [-0.25, -0.2) is 8.42 Å². The fourth-order valence-electron chi connectivity index (χ4n) is 2.33. The maximum Gasteiger partial charge on any atom is 0.287 e. The van der Waals surface area contributed by atoms with Gasteiger partial charge in [0.25, 0.3) is 5.69 Å². The van der Waals surface area contributed by atoms with Crippen molar-refractivity contribution in [1.29, 1.82) is 5.26 Å². The van der Waals surface area contributed by atoms with E-state index in [2.05, 4.69) is 0 Å². The van der Waals surface area contributed by atoms with Crippen molar-refractivity contribution in [1.82, 2.24) is 0 Å². The lowest BCUT2D eigenvalue weighted by Gasteiger charge is -2.35. The van der Waals surface area contributed by atoms with Crippen LogP contribution in [-0.4, -0.2) is 37.4 Å². The highest BCUT2D eigenvalue weighted by molar-refractivity contribution is 7.91. The number of nitriles is 1. The first-order chi connectivity index (χ1) is 9.34. The molecule has 1 heterocycles. The zero-order valence-corrected chi connectivity index (χ0v) is 11.6. The second-order valence-corrected chi connectivity index (χ2v) is 6.96. The van der Waals surface area contributed by atoms with E-state index in [9.17, 15) is 18.5 Å². The highest BCUT2D eigenvalue weighted by Gasteiger charge is 2.29. The van der Waals surface area contributed by atoms with E-state index >= 15 is 0 Å². The van der Waals surface area contributed by atoms with E-state index in [1.165, 1.54) is 12.1 Å². The molecule has 106 valence electrons. The molecule has 8 heteroatoms. The molecule has 0 radical (unpaired) electrons. The van der Waals surface area contributed by atoms with E-state index in [4.69, 9.17) is 5.26 Å². The Balaban J connectivity index is 2.35. The van der Waals surface area contributed by atoms with E-state index < -0.39 is 14.8 Å². The highest BCUT2D eigenvalue weighted by Crippen LogP contribution is 2.27. The summed E-state index contributed by atoms with van der Waals surface area (Å²) in [5.74, 6) is 0.0993. The van der Waals surface area contributed by atoms with Crippen LogP contribution in [0.3, 0.4) is 0 Å². The molecular weight excluding hydrogens is 282 g/mol. The quantitative estimate of drug-likeness (QED) is 0.597. The number of hydrogen-bond acceptors (Lipinski definition) is 6. The molecule has 0 aliphatic carbocycles. The Hall–Kier alpha value is -2.14. The molecule has 2 rings (SSSR count). The summed E-state index contributed by atoms with van der Waals surface area (Å²) in [6.45, 7) is 2.11. The third-order valence-electron chi connectivity index (χ3n) is 3.30. The van der Waals surface area contributed by atoms with Crippen LogP contribution in [0.4, 0.5) is 11.4 Å². The summed E-state index contributed by atoms with van der Waals surface area (Å²) in [5, 5.41) is 19.7. The number of rotatable bonds is 2. The van der Waals surface area contributed by atoms with Gasteiger partial charge in [-0.15, -0.1) is 0 Å². The van der Waals surface area contributed by atoms with Crippen molar-refractivity contribution in [3.8, 4) is 6.07 Å². The molecule has 1 aromatic carbocycles. The Kier molecular flexibility index (Phi) is 3.63. The van der Waals surface area contributed by atoms with Gasteiger partial charge in [0.1, 0.15) is 11.6 Å². The molecule has 1 saturated heterocycles. The monoisotopic (exact) mass is 295 g/mol. The van der Waals surface area contributed by atoms with Crippen LogP contribution in [0.25, 0.3) is 0 Å². The zero-order chi connectivity index (χ0) is 14.9. The predicted octanol–water partition coefficient (Wildman–Crippen LogP) is 1.09. The molecule has 1 aliphatic heterocycles. The van der Waals surface area contributed by atoms with Gasteiger partial charge < -0.3 is 4.90 Å². The van der Waals surface area contributed by atoms with Gasteiger partial charge in [-0.05, 0) is 19.1 Å². The third-order valence-corrected chi connectivity index (χ3v) is 5.09. The Morgan fingerprint density at radius 2 is 2.20 bits per heavy atom. The minimum atomic E-state index is -3.03. The number of sulfone groups is 1. The van der Waals surface area contributed by atoms with Crippen molar-refractivity contribution in [2.75, 3.05) is 23.0 Å². The van der Waals surface area contributed by atoms with E-state index in [0.717, 1.165) is 0 Å². The average molecular weight is 295 g/mol. The first kappa shape index (κ1) is 14.3. The van der Waals surface area contributed by atoms with Gasteiger partial charge >= 0.3 is 0 Å². The van der Waals surface area contributed by atoms with E-state index in [-0.39, 0.29) is 28.8 Å². The molecule has 1 fully saturated rings. The number of nitro groups is 1. The van der Waals surface area contributed by atoms with Crippen LogP contribution < -0.4 is 4.90 Å². The number of nitro benzene ring substituents is 1. The molecule has 0 N–H and O–H groups in total. The second kappa shape index (κ2) is 5.09. The smallest absolute Gasteiger partial charge is 0.287 e. The van der Waals surface area contributed by atoms with Gasteiger partial charge in [-0.1, -0.05) is 0 Å². The van der Waals surface area contributed by atoms with E-state index in [1.54, 1.807) is 19.1 Å². The minimum Gasteiger partial charge on any atom is -0.367 e. The van der Waals surface area contributed by atoms with Gasteiger partial charge in [0.05, 0.1) is 16.4 Å². The number of hydrogen-bond donors (Lipinski definition) is 0. The maximum absolute atomic E-state index is 11.5. The Morgan fingerprint density at radius 1 is 1.50 bits per heavy atom. The van der Waals surface area contributed by atoms with Gasteiger partial charge in [-0.3, -0.25) is 10.1 Å². The van der Waals surface area contributed by atoms with E-state index in [0.29, 0.717) is 12.2 Å². The standard InChI is InChI=1S/C12H13N3O4S/c1-9-8-20(18,19)5-4-14(9)11-2-3-12(15(16)17)10(6-11)7-13/h2-3,6,9H,4-5,8H2,1H3. The summed E-state index contributed by atoms with van der Waals surface area (Å²) in [7, 11) is -3.03. The minimum absolute atomic E-state index is 0.0202. The summed E-state index contributed by atoms with van der Waals surface area (Å²) in [5.41, 5.74) is 0.371. The van der Waals surface area contributed by atoms with Crippen LogP contribution in [0.15, 0.2) is 18.2 Å². The summed E-state index contributed by atoms with van der Waals surface area (Å²) >= 11 is 0. The van der Waals surface area contributed by atoms with Crippen molar-refractivity contribution in [2.45, 2.75) is 13.0 Å². The molecule has 1 aliphatic rings. The fourth-order valence-corrected chi connectivity index (χ4v) is 3.89. The van der Waals surface area contributed by atoms with Gasteiger partial charge in [0.15, 0.2) is 9.84 Å². The predicted molar refractivity (Wildman–Crippen MR) is 73.3 cm³/mol. The SMILES string of the molecule is CC1CS(=O)(=O)CCN1c1ccc([N+](=O)[O-])c(C#N)c1. The summed E-state index contributed by atoms with van der Waals surface area (Å²) < 4.78 is 23.1. The Bertz CT molecular complexity index is 693. The lowest BCUT2D eigenvalue weighted by atomic mass is 10.1. The van der Waals surface area contributed by atoms with Gasteiger partial charge in [0.2, 0.25) is 0 Å². The molecule has 0 spiro atoms.